The molecule has 0 N–H and O–H groups in total. The Kier molecular flexibility index (Phi) is 4.60. The topological polar surface area (TPSA) is 107 Å². The summed E-state index contributed by atoms with van der Waals surface area (Å²) in [4.78, 5) is 20.2. The first-order valence-electron chi connectivity index (χ1n) is 11.4. The second kappa shape index (κ2) is 7.59. The molecule has 3 atom stereocenters. The quantitative estimate of drug-likeness (QED) is 0.454. The zero-order valence-electron chi connectivity index (χ0n) is 19.8. The van der Waals surface area contributed by atoms with Crippen LogP contribution >= 0.6 is 0 Å². The number of aliphatic imine (C=N–C) groups is 1. The van der Waals surface area contributed by atoms with Crippen LogP contribution in [0.3, 0.4) is 0 Å². The Balaban J connectivity index is 1.35. The number of dihydropyridines is 1. The van der Waals surface area contributed by atoms with Crippen molar-refractivity contribution < 1.29 is 9.32 Å². The number of carbonyl (C=O) groups excluding carboxylic acids is 1. The van der Waals surface area contributed by atoms with Crippen molar-refractivity contribution in [1.29, 1.82) is 0 Å². The number of allylic oxidation sites excluding steroid dienone is 1. The second-order valence-electron chi connectivity index (χ2n) is 9.26. The first-order chi connectivity index (χ1) is 16.8. The Morgan fingerprint density at radius 3 is 2.77 bits per heavy atom. The van der Waals surface area contributed by atoms with E-state index in [1.165, 1.54) is 0 Å². The molecule has 0 saturated carbocycles. The third-order valence-electron chi connectivity index (χ3n) is 6.72. The molecule has 0 aromatic carbocycles. The average Bonchev–Trinajstić information content (AvgIpc) is 3.58. The van der Waals surface area contributed by atoms with Gasteiger partial charge < -0.3 is 9.42 Å². The van der Waals surface area contributed by atoms with Crippen molar-refractivity contribution in [2.45, 2.75) is 32.4 Å². The monoisotopic (exact) mass is 468 g/mol. The van der Waals surface area contributed by atoms with Gasteiger partial charge >= 0.3 is 0 Å². The highest BCUT2D eigenvalue weighted by molar-refractivity contribution is 6.12. The van der Waals surface area contributed by atoms with E-state index in [0.717, 1.165) is 22.4 Å². The lowest BCUT2D eigenvalue weighted by atomic mass is 9.79. The van der Waals surface area contributed by atoms with Crippen LogP contribution in [0.2, 0.25) is 0 Å². The number of nitrogens with zero attached hydrogens (tertiary/aromatic N) is 8. The predicted octanol–water partition coefficient (Wildman–Crippen LogP) is 3.39. The summed E-state index contributed by atoms with van der Waals surface area (Å²) in [6, 6.07) is 5.31. The van der Waals surface area contributed by atoms with Crippen molar-refractivity contribution in [3.05, 3.63) is 72.2 Å². The number of amides is 1. The summed E-state index contributed by atoms with van der Waals surface area (Å²) in [5.74, 6) is 0.826. The summed E-state index contributed by atoms with van der Waals surface area (Å²) in [5.41, 5.74) is 3.52. The maximum absolute atomic E-state index is 13.8. The van der Waals surface area contributed by atoms with E-state index in [1.807, 2.05) is 87.4 Å². The summed E-state index contributed by atoms with van der Waals surface area (Å²) in [6.45, 7) is 5.80. The van der Waals surface area contributed by atoms with Crippen LogP contribution in [-0.4, -0.2) is 52.1 Å². The molecule has 0 bridgehead atoms. The van der Waals surface area contributed by atoms with Crippen LogP contribution in [0.15, 0.2) is 64.7 Å². The molecule has 10 nitrogen and oxygen atoms in total. The van der Waals surface area contributed by atoms with Crippen molar-refractivity contribution in [3.63, 3.8) is 0 Å². The highest BCUT2D eigenvalue weighted by atomic mass is 16.5. The zero-order chi connectivity index (χ0) is 24.3. The third kappa shape index (κ3) is 3.40. The van der Waals surface area contributed by atoms with Gasteiger partial charge in [-0.1, -0.05) is 11.2 Å². The summed E-state index contributed by atoms with van der Waals surface area (Å²) in [6.07, 6.45) is 13.2. The first kappa shape index (κ1) is 21.2. The molecule has 2 unspecified atom stereocenters. The van der Waals surface area contributed by atoms with Crippen molar-refractivity contribution in [1.82, 2.24) is 34.4 Å². The average molecular weight is 469 g/mol. The van der Waals surface area contributed by atoms with E-state index in [1.54, 1.807) is 15.8 Å². The smallest absolute Gasteiger partial charge is 0.236 e. The molecular formula is C25H24N8O2. The fourth-order valence-electron chi connectivity index (χ4n) is 4.64. The number of carbonyl (C=O) groups is 1. The Morgan fingerprint density at radius 2 is 2.03 bits per heavy atom. The number of pyridine rings is 1. The molecule has 4 aromatic rings. The van der Waals surface area contributed by atoms with E-state index in [-0.39, 0.29) is 11.9 Å². The minimum Gasteiger partial charge on any atom is -0.356 e. The van der Waals surface area contributed by atoms with Gasteiger partial charge in [0, 0.05) is 49.0 Å². The van der Waals surface area contributed by atoms with Crippen molar-refractivity contribution >= 4 is 23.3 Å². The van der Waals surface area contributed by atoms with Gasteiger partial charge in [0.15, 0.2) is 17.2 Å². The number of hydrogen-bond donors (Lipinski definition) is 0. The first-order valence-corrected chi connectivity index (χ1v) is 11.4. The molecule has 4 aromatic heterocycles. The van der Waals surface area contributed by atoms with E-state index in [2.05, 4.69) is 20.5 Å². The molecule has 2 aliphatic rings. The van der Waals surface area contributed by atoms with E-state index < -0.39 is 11.5 Å². The molecule has 10 heteroatoms. The molecule has 6 heterocycles. The van der Waals surface area contributed by atoms with Gasteiger partial charge in [0.05, 0.1) is 29.4 Å². The molecular weight excluding hydrogens is 444 g/mol. The fraction of sp³-hybridized carbons (Fsp3) is 0.280. The van der Waals surface area contributed by atoms with Crippen LogP contribution in [-0.2, 0) is 11.8 Å². The molecule has 0 radical (unpaired) electrons. The molecule has 6 rings (SSSR count). The van der Waals surface area contributed by atoms with E-state index in [4.69, 9.17) is 9.52 Å². The van der Waals surface area contributed by atoms with Gasteiger partial charge in [0.25, 0.3) is 0 Å². The lowest BCUT2D eigenvalue weighted by Crippen LogP contribution is -2.48. The Morgan fingerprint density at radius 1 is 1.17 bits per heavy atom. The molecule has 0 fully saturated rings. The lowest BCUT2D eigenvalue weighted by Gasteiger charge is -2.40. The van der Waals surface area contributed by atoms with Gasteiger partial charge in [-0.2, -0.15) is 5.10 Å². The SMILES string of the molecule is Cc1cc(-c2ccc3nnc([C@H](C)N4C=CC5(C)N=CC(c6cnn(C)c6)=CC5C4=O)n3c2)on1. The number of rotatable bonds is 4. The molecule has 35 heavy (non-hydrogen) atoms. The molecule has 0 saturated heterocycles. The van der Waals surface area contributed by atoms with E-state index in [0.29, 0.717) is 17.2 Å². The predicted molar refractivity (Wildman–Crippen MR) is 129 cm³/mol. The van der Waals surface area contributed by atoms with Gasteiger partial charge in [-0.3, -0.25) is 18.9 Å². The molecule has 2 aliphatic heterocycles. The van der Waals surface area contributed by atoms with Gasteiger partial charge in [-0.05, 0) is 44.6 Å². The van der Waals surface area contributed by atoms with Crippen LogP contribution in [0, 0.1) is 12.8 Å². The van der Waals surface area contributed by atoms with Crippen LogP contribution in [0.25, 0.3) is 22.5 Å². The summed E-state index contributed by atoms with van der Waals surface area (Å²) >= 11 is 0. The molecule has 176 valence electrons. The third-order valence-corrected chi connectivity index (χ3v) is 6.72. The minimum absolute atomic E-state index is 0.0421. The van der Waals surface area contributed by atoms with Crippen LogP contribution in [0.1, 0.15) is 37.0 Å². The van der Waals surface area contributed by atoms with E-state index >= 15 is 0 Å². The fourth-order valence-corrected chi connectivity index (χ4v) is 4.64. The summed E-state index contributed by atoms with van der Waals surface area (Å²) in [7, 11) is 1.86. The van der Waals surface area contributed by atoms with Gasteiger partial charge in [-0.25, -0.2) is 0 Å². The molecule has 0 spiro atoms. The normalized spacial score (nSPS) is 22.5. The van der Waals surface area contributed by atoms with Gasteiger partial charge in [-0.15, -0.1) is 10.2 Å². The maximum Gasteiger partial charge on any atom is 0.236 e. The van der Waals surface area contributed by atoms with Crippen LogP contribution < -0.4 is 0 Å². The highest BCUT2D eigenvalue weighted by Gasteiger charge is 2.44. The standard InChI is InChI=1S/C25H24N8O2/c1-15-9-21(35-30-15)17-5-6-22-28-29-23(33(22)14-17)16(2)32-8-7-25(3)20(24(32)34)10-18(11-26-25)19-12-27-31(4)13-19/h5-14,16,20H,1-4H3/t16-,20?,25?/m0/s1. The maximum atomic E-state index is 13.8. The van der Waals surface area contributed by atoms with Crippen molar-refractivity contribution in [3.8, 4) is 11.3 Å². The summed E-state index contributed by atoms with van der Waals surface area (Å²) in [5, 5.41) is 16.9. The Hall–Kier alpha value is -4.34. The second-order valence-corrected chi connectivity index (χ2v) is 9.26. The molecule has 1 amide bonds. The number of aromatic nitrogens is 6. The largest absolute Gasteiger partial charge is 0.356 e. The number of aryl methyl sites for hydroxylation is 2. The van der Waals surface area contributed by atoms with Crippen molar-refractivity contribution in [2.75, 3.05) is 0 Å². The summed E-state index contributed by atoms with van der Waals surface area (Å²) < 4.78 is 9.05. The number of fused-ring (bicyclic) bond motifs is 2. The van der Waals surface area contributed by atoms with Gasteiger partial charge in [0.2, 0.25) is 5.91 Å². The molecule has 0 aliphatic carbocycles. The zero-order valence-corrected chi connectivity index (χ0v) is 19.8. The highest BCUT2D eigenvalue weighted by Crippen LogP contribution is 2.38. The Labute approximate surface area is 201 Å². The van der Waals surface area contributed by atoms with Gasteiger partial charge in [0.1, 0.15) is 0 Å². The lowest BCUT2D eigenvalue weighted by molar-refractivity contribution is -0.135. The van der Waals surface area contributed by atoms with Crippen LogP contribution in [0.4, 0.5) is 0 Å². The minimum atomic E-state index is -0.636. The Bertz CT molecular complexity index is 1550. The van der Waals surface area contributed by atoms with E-state index in [9.17, 15) is 4.79 Å². The van der Waals surface area contributed by atoms with Crippen LogP contribution in [0.5, 0.6) is 0 Å². The number of hydrogen-bond acceptors (Lipinski definition) is 7. The van der Waals surface area contributed by atoms with Crippen molar-refractivity contribution in [2.24, 2.45) is 18.0 Å².